The number of carbonyl (C=O) groups excluding carboxylic acids is 2. The van der Waals surface area contributed by atoms with Crippen molar-refractivity contribution in [2.24, 2.45) is 0 Å². The molecule has 8 heteroatoms. The molecule has 5 rings (SSSR count). The molecule has 0 radical (unpaired) electrons. The minimum absolute atomic E-state index is 0.0620. The van der Waals surface area contributed by atoms with E-state index >= 15 is 0 Å². The largest absolute Gasteiger partial charge is 0.465 e. The first-order chi connectivity index (χ1) is 16.0. The van der Waals surface area contributed by atoms with Crippen LogP contribution in [0.1, 0.15) is 52.1 Å². The first-order valence-electron chi connectivity index (χ1n) is 11.0. The zero-order chi connectivity index (χ0) is 22.9. The highest BCUT2D eigenvalue weighted by atomic mass is 32.1. The Morgan fingerprint density at radius 3 is 2.94 bits per heavy atom. The van der Waals surface area contributed by atoms with Gasteiger partial charge in [0.25, 0.3) is 5.91 Å². The summed E-state index contributed by atoms with van der Waals surface area (Å²) in [4.78, 5) is 28.9. The summed E-state index contributed by atoms with van der Waals surface area (Å²) in [7, 11) is 0. The first-order valence-corrected chi connectivity index (χ1v) is 11.8. The SMILES string of the molecule is CC(C)N1CCc2c(sc3c2C(=O)N[C@H](c2cccc(OC(=O)/C=C/c4ccco4)c2)N3)C1. The lowest BCUT2D eigenvalue weighted by atomic mass is 9.99. The summed E-state index contributed by atoms with van der Waals surface area (Å²) in [5.74, 6) is 0.405. The molecule has 0 aliphatic carbocycles. The number of hydrogen-bond acceptors (Lipinski definition) is 7. The van der Waals surface area contributed by atoms with Crippen molar-refractivity contribution in [1.29, 1.82) is 0 Å². The van der Waals surface area contributed by atoms with Gasteiger partial charge in [0, 0.05) is 30.1 Å². The molecule has 1 atom stereocenters. The summed E-state index contributed by atoms with van der Waals surface area (Å²) in [5.41, 5.74) is 2.76. The second-order valence-corrected chi connectivity index (χ2v) is 9.52. The fourth-order valence-electron chi connectivity index (χ4n) is 4.19. The van der Waals surface area contributed by atoms with Gasteiger partial charge in [-0.15, -0.1) is 11.3 Å². The fraction of sp³-hybridized carbons (Fsp3) is 0.280. The minimum Gasteiger partial charge on any atom is -0.465 e. The van der Waals surface area contributed by atoms with E-state index in [0.717, 1.165) is 35.6 Å². The van der Waals surface area contributed by atoms with Gasteiger partial charge < -0.3 is 19.8 Å². The summed E-state index contributed by atoms with van der Waals surface area (Å²) < 4.78 is 10.6. The molecule has 0 saturated heterocycles. The molecule has 4 heterocycles. The molecule has 0 spiro atoms. The minimum atomic E-state index is -0.507. The Kier molecular flexibility index (Phi) is 5.78. The molecule has 2 aliphatic heterocycles. The molecule has 1 aromatic carbocycles. The van der Waals surface area contributed by atoms with E-state index in [4.69, 9.17) is 9.15 Å². The molecule has 170 valence electrons. The second-order valence-electron chi connectivity index (χ2n) is 8.42. The van der Waals surface area contributed by atoms with Crippen molar-refractivity contribution in [3.8, 4) is 5.75 Å². The molecule has 2 aromatic heterocycles. The number of hydrogen-bond donors (Lipinski definition) is 2. The summed E-state index contributed by atoms with van der Waals surface area (Å²) in [6.07, 6.45) is 4.89. The number of rotatable bonds is 5. The van der Waals surface area contributed by atoms with Crippen LogP contribution in [0.4, 0.5) is 5.00 Å². The van der Waals surface area contributed by atoms with E-state index in [1.54, 1.807) is 47.7 Å². The van der Waals surface area contributed by atoms with Crippen LogP contribution in [0.15, 0.2) is 53.2 Å². The lowest BCUT2D eigenvalue weighted by molar-refractivity contribution is -0.128. The van der Waals surface area contributed by atoms with Gasteiger partial charge in [0.1, 0.15) is 22.7 Å². The fourth-order valence-corrected chi connectivity index (χ4v) is 5.49. The van der Waals surface area contributed by atoms with Gasteiger partial charge in [-0.2, -0.15) is 0 Å². The maximum absolute atomic E-state index is 13.0. The van der Waals surface area contributed by atoms with Crippen LogP contribution in [-0.4, -0.2) is 29.4 Å². The number of amides is 1. The van der Waals surface area contributed by atoms with Gasteiger partial charge in [0.15, 0.2) is 0 Å². The van der Waals surface area contributed by atoms with E-state index in [2.05, 4.69) is 29.4 Å². The number of fused-ring (bicyclic) bond motifs is 3. The Labute approximate surface area is 196 Å². The Morgan fingerprint density at radius 2 is 2.15 bits per heavy atom. The van der Waals surface area contributed by atoms with Crippen molar-refractivity contribution >= 4 is 34.3 Å². The molecule has 1 amide bonds. The zero-order valence-corrected chi connectivity index (χ0v) is 19.3. The monoisotopic (exact) mass is 463 g/mol. The molecule has 33 heavy (non-hydrogen) atoms. The third-order valence-corrected chi connectivity index (χ3v) is 7.08. The molecule has 2 aliphatic rings. The standard InChI is InChI=1S/C25H25N3O4S/c1-15(2)28-11-10-19-20(14-28)33-25-22(19)24(30)26-23(27-25)16-5-3-6-18(13-16)32-21(29)9-8-17-7-4-12-31-17/h3-9,12-13,15,23,27H,10-11,14H2,1-2H3,(H,26,30)/b9-8+/t23-/m0/s1. The molecule has 7 nitrogen and oxygen atoms in total. The molecule has 2 N–H and O–H groups in total. The van der Waals surface area contributed by atoms with E-state index in [-0.39, 0.29) is 5.91 Å². The van der Waals surface area contributed by atoms with Crippen molar-refractivity contribution in [2.45, 2.75) is 39.0 Å². The number of ether oxygens (including phenoxy) is 1. The number of anilines is 1. The van der Waals surface area contributed by atoms with Crippen molar-refractivity contribution < 1.29 is 18.7 Å². The molecular weight excluding hydrogens is 438 g/mol. The molecule has 3 aromatic rings. The zero-order valence-electron chi connectivity index (χ0n) is 18.5. The van der Waals surface area contributed by atoms with Crippen LogP contribution >= 0.6 is 11.3 Å². The predicted octanol–water partition coefficient (Wildman–Crippen LogP) is 4.58. The number of benzene rings is 1. The highest BCUT2D eigenvalue weighted by molar-refractivity contribution is 7.16. The summed E-state index contributed by atoms with van der Waals surface area (Å²) >= 11 is 1.66. The topological polar surface area (TPSA) is 83.8 Å². The van der Waals surface area contributed by atoms with E-state index in [1.165, 1.54) is 22.8 Å². The third-order valence-electron chi connectivity index (χ3n) is 5.93. The highest BCUT2D eigenvalue weighted by Crippen LogP contribution is 2.41. The average Bonchev–Trinajstić information content (AvgIpc) is 3.45. The highest BCUT2D eigenvalue weighted by Gasteiger charge is 2.33. The summed E-state index contributed by atoms with van der Waals surface area (Å²) in [5, 5.41) is 7.44. The lowest BCUT2D eigenvalue weighted by Gasteiger charge is -2.31. The van der Waals surface area contributed by atoms with Crippen molar-refractivity contribution in [3.05, 3.63) is 76.1 Å². The van der Waals surface area contributed by atoms with Crippen LogP contribution in [0.3, 0.4) is 0 Å². The Balaban J connectivity index is 1.31. The smallest absolute Gasteiger partial charge is 0.336 e. The van der Waals surface area contributed by atoms with Gasteiger partial charge in [0.2, 0.25) is 0 Å². The quantitative estimate of drug-likeness (QED) is 0.327. The van der Waals surface area contributed by atoms with E-state index in [0.29, 0.717) is 17.6 Å². The van der Waals surface area contributed by atoms with Gasteiger partial charge in [0.05, 0.1) is 11.8 Å². The van der Waals surface area contributed by atoms with Crippen LogP contribution < -0.4 is 15.4 Å². The number of carbonyl (C=O) groups is 2. The van der Waals surface area contributed by atoms with Crippen LogP contribution in [0.2, 0.25) is 0 Å². The van der Waals surface area contributed by atoms with Crippen LogP contribution in [-0.2, 0) is 17.8 Å². The van der Waals surface area contributed by atoms with Gasteiger partial charge >= 0.3 is 5.97 Å². The third kappa shape index (κ3) is 4.44. The Bertz CT molecular complexity index is 1210. The van der Waals surface area contributed by atoms with Crippen LogP contribution in [0.25, 0.3) is 6.08 Å². The Hall–Kier alpha value is -3.36. The number of thiophene rings is 1. The van der Waals surface area contributed by atoms with Crippen molar-refractivity contribution in [1.82, 2.24) is 10.2 Å². The molecule has 0 unspecified atom stereocenters. The van der Waals surface area contributed by atoms with Gasteiger partial charge in [-0.25, -0.2) is 4.79 Å². The molecule has 0 fully saturated rings. The maximum atomic E-state index is 13.0. The van der Waals surface area contributed by atoms with E-state index in [1.807, 2.05) is 6.07 Å². The second kappa shape index (κ2) is 8.88. The number of esters is 1. The Morgan fingerprint density at radius 1 is 1.27 bits per heavy atom. The molecular formula is C25H25N3O4S. The predicted molar refractivity (Wildman–Crippen MR) is 127 cm³/mol. The van der Waals surface area contributed by atoms with Crippen molar-refractivity contribution in [2.75, 3.05) is 11.9 Å². The average molecular weight is 464 g/mol. The summed E-state index contributed by atoms with van der Waals surface area (Å²) in [6.45, 7) is 6.24. The first kappa shape index (κ1) is 21.5. The number of furan rings is 1. The van der Waals surface area contributed by atoms with Gasteiger partial charge in [-0.05, 0) is 61.7 Å². The van der Waals surface area contributed by atoms with E-state index in [9.17, 15) is 9.59 Å². The van der Waals surface area contributed by atoms with E-state index < -0.39 is 12.1 Å². The normalized spacial score (nSPS) is 18.0. The summed E-state index contributed by atoms with van der Waals surface area (Å²) in [6, 6.07) is 11.1. The van der Waals surface area contributed by atoms with Crippen LogP contribution in [0, 0.1) is 0 Å². The van der Waals surface area contributed by atoms with Crippen LogP contribution in [0.5, 0.6) is 5.75 Å². The number of nitrogens with one attached hydrogen (secondary N) is 2. The molecule has 0 saturated carbocycles. The van der Waals surface area contributed by atoms with Crippen molar-refractivity contribution in [3.63, 3.8) is 0 Å². The lowest BCUT2D eigenvalue weighted by Crippen LogP contribution is -2.39. The maximum Gasteiger partial charge on any atom is 0.336 e. The molecule has 0 bridgehead atoms. The van der Waals surface area contributed by atoms with Gasteiger partial charge in [-0.1, -0.05) is 12.1 Å². The number of nitrogens with zero attached hydrogens (tertiary/aromatic N) is 1. The van der Waals surface area contributed by atoms with Gasteiger partial charge in [-0.3, -0.25) is 9.69 Å².